The van der Waals surface area contributed by atoms with Crippen LogP contribution < -0.4 is 16.0 Å². The molecule has 44 heavy (non-hydrogen) atoms. The second-order valence-electron chi connectivity index (χ2n) is 11.0. The fourth-order valence-electron chi connectivity index (χ4n) is 3.81. The van der Waals surface area contributed by atoms with Crippen molar-refractivity contribution in [3.63, 3.8) is 0 Å². The third kappa shape index (κ3) is 19.7. The van der Waals surface area contributed by atoms with Crippen LogP contribution in [0.5, 0.6) is 0 Å². The molecule has 1 aromatic rings. The number of aliphatic carboxylic acids is 1. The van der Waals surface area contributed by atoms with Crippen LogP contribution >= 0.6 is 0 Å². The Morgan fingerprint density at radius 2 is 1.39 bits per heavy atom. The average molecular weight is 623 g/mol. The molecule has 0 saturated carbocycles. The molecule has 0 aliphatic carbocycles. The molecule has 247 valence electrons. The van der Waals surface area contributed by atoms with Crippen molar-refractivity contribution in [1.29, 1.82) is 0 Å². The first-order valence-corrected chi connectivity index (χ1v) is 14.8. The minimum atomic E-state index is -1.19. The van der Waals surface area contributed by atoms with E-state index in [0.29, 0.717) is 32.6 Å². The maximum atomic E-state index is 12.3. The highest BCUT2D eigenvalue weighted by Gasteiger charge is 2.21. The van der Waals surface area contributed by atoms with Crippen molar-refractivity contribution in [3.05, 3.63) is 35.4 Å². The van der Waals surface area contributed by atoms with E-state index in [1.165, 1.54) is 5.56 Å². The Morgan fingerprint density at radius 1 is 0.795 bits per heavy atom. The Bertz CT molecular complexity index is 995. The van der Waals surface area contributed by atoms with Crippen LogP contribution in [-0.2, 0) is 54.8 Å². The number of carboxylic acids is 1. The van der Waals surface area contributed by atoms with E-state index in [4.69, 9.17) is 18.9 Å². The number of carboxylic acid groups (broad SMARTS) is 1. The largest absolute Gasteiger partial charge is 0.480 e. The summed E-state index contributed by atoms with van der Waals surface area (Å²) >= 11 is 0. The zero-order chi connectivity index (χ0) is 32.6. The molecule has 4 N–H and O–H groups in total. The lowest BCUT2D eigenvalue weighted by molar-refractivity contribution is -0.142. The molecule has 13 nitrogen and oxygen atoms in total. The fraction of sp³-hybridized carbons (Fsp3) is 0.645. The molecule has 0 bridgehead atoms. The lowest BCUT2D eigenvalue weighted by Gasteiger charge is -2.19. The van der Waals surface area contributed by atoms with Crippen LogP contribution in [0.4, 0.5) is 0 Å². The number of carbonyl (C=O) groups is 4. The molecule has 1 aromatic carbocycles. The van der Waals surface area contributed by atoms with Crippen molar-refractivity contribution in [3.8, 4) is 0 Å². The summed E-state index contributed by atoms with van der Waals surface area (Å²) < 4.78 is 20.6. The first kappa shape index (κ1) is 38.6. The number of hydrogen-bond donors (Lipinski definition) is 4. The number of carbonyl (C=O) groups excluding carboxylic acids is 4. The minimum absolute atomic E-state index is 0.0290. The standard InChI is InChI=1S/C31H48N3O10/c1-31(2,3)25-9-7-24(8-10-25)5-4-6-28(37)34-26(30(39)40)11-12-27(36)32-13-16-42-21-22-44-23-29(38)33-14-17-41-19-20-43-18-15-35/h7-10,26H,4-6,11-14,16-23H2,1-3H3,(H,32,36)(H,33,38)(H,34,37)(H,39,40)/t26-/m0/s1. The number of nitrogens with one attached hydrogen (secondary N) is 3. The van der Waals surface area contributed by atoms with Crippen molar-refractivity contribution in [2.75, 3.05) is 65.9 Å². The van der Waals surface area contributed by atoms with E-state index in [0.717, 1.165) is 5.56 Å². The normalized spacial score (nSPS) is 11.9. The van der Waals surface area contributed by atoms with Crippen molar-refractivity contribution in [2.24, 2.45) is 0 Å². The number of rotatable bonds is 25. The van der Waals surface area contributed by atoms with E-state index < -0.39 is 12.0 Å². The van der Waals surface area contributed by atoms with Crippen LogP contribution in [0.1, 0.15) is 57.6 Å². The Hall–Kier alpha value is -3.39. The molecule has 1 radical (unpaired) electrons. The van der Waals surface area contributed by atoms with Gasteiger partial charge in [-0.1, -0.05) is 45.0 Å². The molecule has 3 amide bonds. The topological polar surface area (TPSA) is 179 Å². The van der Waals surface area contributed by atoms with E-state index in [1.807, 2.05) is 0 Å². The molecule has 0 spiro atoms. The molecule has 13 heteroatoms. The van der Waals surface area contributed by atoms with Gasteiger partial charge in [0.1, 0.15) is 19.3 Å². The highest BCUT2D eigenvalue weighted by molar-refractivity contribution is 5.84. The number of hydrogen-bond acceptors (Lipinski definition) is 9. The van der Waals surface area contributed by atoms with Crippen LogP contribution in [0.3, 0.4) is 0 Å². The average Bonchev–Trinajstić information content (AvgIpc) is 2.97. The van der Waals surface area contributed by atoms with E-state index in [-0.39, 0.29) is 88.6 Å². The summed E-state index contributed by atoms with van der Waals surface area (Å²) in [5.41, 5.74) is 2.42. The SMILES string of the molecule is CC(C)(C)c1ccc(CCCC(=O)N[C@@H](CCC(=O)NCCOCCOCC(=O)NCCOCCOC[C]=O)C(=O)O)cc1. The first-order valence-electron chi connectivity index (χ1n) is 14.8. The molecule has 1 rings (SSSR count). The lowest BCUT2D eigenvalue weighted by Crippen LogP contribution is -2.41. The van der Waals surface area contributed by atoms with Gasteiger partial charge in [0.15, 0.2) is 0 Å². The molecular formula is C31H48N3O10. The van der Waals surface area contributed by atoms with Crippen LogP contribution in [0, 0.1) is 0 Å². The second kappa shape index (κ2) is 23.1. The monoisotopic (exact) mass is 622 g/mol. The summed E-state index contributed by atoms with van der Waals surface area (Å²) in [6.45, 7) is 8.25. The minimum Gasteiger partial charge on any atom is -0.480 e. The van der Waals surface area contributed by atoms with Gasteiger partial charge in [0, 0.05) is 25.9 Å². The highest BCUT2D eigenvalue weighted by Crippen LogP contribution is 2.22. The summed E-state index contributed by atoms with van der Waals surface area (Å²) in [7, 11) is 0. The predicted octanol–water partition coefficient (Wildman–Crippen LogP) is 1.06. The maximum Gasteiger partial charge on any atom is 0.326 e. The molecule has 1 atom stereocenters. The van der Waals surface area contributed by atoms with Gasteiger partial charge < -0.3 is 40.0 Å². The Kier molecular flexibility index (Phi) is 20.2. The van der Waals surface area contributed by atoms with Gasteiger partial charge >= 0.3 is 5.97 Å². The van der Waals surface area contributed by atoms with Gasteiger partial charge in [0.05, 0.1) is 39.6 Å². The summed E-state index contributed by atoms with van der Waals surface area (Å²) in [6, 6.07) is 7.13. The Morgan fingerprint density at radius 3 is 1.98 bits per heavy atom. The zero-order valence-corrected chi connectivity index (χ0v) is 26.1. The van der Waals surface area contributed by atoms with E-state index >= 15 is 0 Å². The first-order chi connectivity index (χ1) is 21.0. The van der Waals surface area contributed by atoms with Gasteiger partial charge in [-0.2, -0.15) is 0 Å². The van der Waals surface area contributed by atoms with Crippen molar-refractivity contribution in [2.45, 2.75) is 64.3 Å². The van der Waals surface area contributed by atoms with Crippen LogP contribution in [0.15, 0.2) is 24.3 Å². The van der Waals surface area contributed by atoms with Gasteiger partial charge in [0.2, 0.25) is 24.0 Å². The number of amides is 3. The molecule has 0 unspecified atom stereocenters. The molecule has 0 heterocycles. The molecule has 0 saturated heterocycles. The zero-order valence-electron chi connectivity index (χ0n) is 26.1. The Labute approximate surface area is 259 Å². The lowest BCUT2D eigenvalue weighted by atomic mass is 9.86. The number of benzene rings is 1. The van der Waals surface area contributed by atoms with E-state index in [2.05, 4.69) is 61.0 Å². The van der Waals surface area contributed by atoms with Gasteiger partial charge in [-0.15, -0.1) is 0 Å². The van der Waals surface area contributed by atoms with Crippen LogP contribution in [-0.4, -0.2) is 107 Å². The third-order valence-electron chi connectivity index (χ3n) is 6.26. The Balaban J connectivity index is 2.08. The molecule has 0 aliphatic heterocycles. The predicted molar refractivity (Wildman–Crippen MR) is 162 cm³/mol. The smallest absolute Gasteiger partial charge is 0.326 e. The maximum absolute atomic E-state index is 12.3. The van der Waals surface area contributed by atoms with Crippen molar-refractivity contribution in [1.82, 2.24) is 16.0 Å². The summed E-state index contributed by atoms with van der Waals surface area (Å²) in [5.74, 6) is -2.20. The number of ether oxygens (including phenoxy) is 4. The summed E-state index contributed by atoms with van der Waals surface area (Å²) in [5, 5.41) is 17.2. The number of aryl methyl sites for hydroxylation is 1. The summed E-state index contributed by atoms with van der Waals surface area (Å²) in [4.78, 5) is 57.6. The van der Waals surface area contributed by atoms with Crippen LogP contribution in [0.25, 0.3) is 0 Å². The fourth-order valence-corrected chi connectivity index (χ4v) is 3.81. The summed E-state index contributed by atoms with van der Waals surface area (Å²) in [6.07, 6.45) is 3.00. The van der Waals surface area contributed by atoms with E-state index in [1.54, 1.807) is 6.29 Å². The molecule has 0 aliphatic rings. The molecule has 0 fully saturated rings. The third-order valence-corrected chi connectivity index (χ3v) is 6.26. The van der Waals surface area contributed by atoms with Gasteiger partial charge in [-0.05, 0) is 35.8 Å². The van der Waals surface area contributed by atoms with Gasteiger partial charge in [0.25, 0.3) is 0 Å². The molecular weight excluding hydrogens is 574 g/mol. The van der Waals surface area contributed by atoms with Crippen molar-refractivity contribution >= 4 is 30.0 Å². The van der Waals surface area contributed by atoms with Crippen molar-refractivity contribution < 1.29 is 48.0 Å². The quantitative estimate of drug-likeness (QED) is 0.115. The second-order valence-corrected chi connectivity index (χ2v) is 11.0. The molecule has 0 aromatic heterocycles. The van der Waals surface area contributed by atoms with Crippen LogP contribution in [0.2, 0.25) is 0 Å². The highest BCUT2D eigenvalue weighted by atomic mass is 16.5. The van der Waals surface area contributed by atoms with Gasteiger partial charge in [-0.25, -0.2) is 4.79 Å². The van der Waals surface area contributed by atoms with E-state index in [9.17, 15) is 29.1 Å². The van der Waals surface area contributed by atoms with Gasteiger partial charge in [-0.3, -0.25) is 19.2 Å².